The number of rotatable bonds is 48. The Morgan fingerprint density at radius 2 is 0.938 bits per heavy atom. The largest absolute Gasteiger partial charge is 0.756 e. The molecular formula is C56H103N2O6P. The zero-order chi connectivity index (χ0) is 47.8. The van der Waals surface area contributed by atoms with Crippen LogP contribution in [0.1, 0.15) is 226 Å². The van der Waals surface area contributed by atoms with Gasteiger partial charge in [0.25, 0.3) is 7.82 Å². The second kappa shape index (κ2) is 47.0. The number of amides is 1. The van der Waals surface area contributed by atoms with Gasteiger partial charge < -0.3 is 28.8 Å². The van der Waals surface area contributed by atoms with Crippen molar-refractivity contribution in [3.8, 4) is 0 Å². The van der Waals surface area contributed by atoms with Gasteiger partial charge in [0.1, 0.15) is 13.2 Å². The molecule has 0 spiro atoms. The van der Waals surface area contributed by atoms with Gasteiger partial charge in [-0.05, 0) is 64.2 Å². The first kappa shape index (κ1) is 62.9. The molecule has 0 aromatic heterocycles. The van der Waals surface area contributed by atoms with E-state index in [1.54, 1.807) is 0 Å². The van der Waals surface area contributed by atoms with Crippen molar-refractivity contribution in [1.82, 2.24) is 5.32 Å². The van der Waals surface area contributed by atoms with Gasteiger partial charge in [-0.1, -0.05) is 228 Å². The van der Waals surface area contributed by atoms with E-state index in [9.17, 15) is 19.4 Å². The highest BCUT2D eigenvalue weighted by atomic mass is 31.2. The van der Waals surface area contributed by atoms with Crippen LogP contribution in [0.15, 0.2) is 72.9 Å². The van der Waals surface area contributed by atoms with Gasteiger partial charge in [0.05, 0.1) is 39.9 Å². The van der Waals surface area contributed by atoms with Crippen LogP contribution in [0.2, 0.25) is 0 Å². The maximum absolute atomic E-state index is 12.9. The van der Waals surface area contributed by atoms with Crippen LogP contribution < -0.4 is 10.2 Å². The van der Waals surface area contributed by atoms with E-state index < -0.39 is 20.0 Å². The molecule has 0 heterocycles. The first-order valence-electron chi connectivity index (χ1n) is 26.8. The SMILES string of the molecule is CC/C=C\C/C=C\C/C=C\C/C=C\C/C=C\C/C=C\CCCCCCCCCCCCCCCCCCC(=O)NC(COP(=O)([O-])OCC[N+](C)(C)C)C(O)CCCCCCCCCC. The number of allylic oxidation sites excluding steroid dienone is 12. The van der Waals surface area contributed by atoms with Crippen molar-refractivity contribution in [3.05, 3.63) is 72.9 Å². The third-order valence-corrected chi connectivity index (χ3v) is 12.7. The summed E-state index contributed by atoms with van der Waals surface area (Å²) < 4.78 is 23.2. The van der Waals surface area contributed by atoms with Crippen LogP contribution in [-0.4, -0.2) is 68.5 Å². The Balaban J connectivity index is 3.92. The van der Waals surface area contributed by atoms with Crippen LogP contribution in [0, 0.1) is 0 Å². The number of phosphoric acid groups is 1. The third-order valence-electron chi connectivity index (χ3n) is 11.7. The second-order valence-electron chi connectivity index (χ2n) is 19.2. The van der Waals surface area contributed by atoms with Gasteiger partial charge in [0.15, 0.2) is 0 Å². The fourth-order valence-corrected chi connectivity index (χ4v) is 8.24. The molecule has 0 aliphatic rings. The standard InChI is InChI=1S/C56H103N2O6P/c1-6-8-10-12-14-16-17-18-19-20-21-22-23-24-25-26-27-28-29-30-31-32-33-34-35-36-37-38-39-40-41-42-44-46-48-50-56(60)57-54(53-64-65(61,62)63-52-51-58(3,4)5)55(59)49-47-45-43-15-13-11-9-7-2/h8,10,14,16,18-19,21-22,24-25,27-28,54-55,59H,6-7,9,11-13,15,17,20,23,26,29-53H2,1-5H3,(H-,57,60,61,62)/b10-8-,16-14-,19-18-,22-21-,25-24-,28-27-. The molecule has 0 bridgehead atoms. The number of carbonyl (C=O) groups excluding carboxylic acids is 1. The van der Waals surface area contributed by atoms with E-state index in [1.165, 1.54) is 122 Å². The maximum Gasteiger partial charge on any atom is 0.268 e. The zero-order valence-corrected chi connectivity index (χ0v) is 43.8. The number of likely N-dealkylation sites (N-methyl/N-ethyl adjacent to an activating group) is 1. The van der Waals surface area contributed by atoms with Gasteiger partial charge in [-0.2, -0.15) is 0 Å². The molecule has 0 fully saturated rings. The summed E-state index contributed by atoms with van der Waals surface area (Å²) in [4.78, 5) is 25.3. The van der Waals surface area contributed by atoms with Crippen molar-refractivity contribution in [2.75, 3.05) is 40.9 Å². The Morgan fingerprint density at radius 3 is 1.37 bits per heavy atom. The predicted octanol–water partition coefficient (Wildman–Crippen LogP) is 15.3. The van der Waals surface area contributed by atoms with Crippen LogP contribution in [0.3, 0.4) is 0 Å². The van der Waals surface area contributed by atoms with Gasteiger partial charge in [-0.3, -0.25) is 9.36 Å². The summed E-state index contributed by atoms with van der Waals surface area (Å²) in [7, 11) is 1.30. The lowest BCUT2D eigenvalue weighted by Gasteiger charge is -2.30. The number of nitrogens with one attached hydrogen (secondary N) is 1. The quantitative estimate of drug-likeness (QED) is 0.0272. The van der Waals surface area contributed by atoms with E-state index in [-0.39, 0.29) is 19.1 Å². The molecule has 0 aromatic carbocycles. The number of aliphatic hydroxyl groups is 1. The first-order chi connectivity index (χ1) is 31.5. The average molecular weight is 931 g/mol. The van der Waals surface area contributed by atoms with Crippen molar-refractivity contribution in [2.24, 2.45) is 0 Å². The Hall–Kier alpha value is -2.06. The fraction of sp³-hybridized carbons (Fsp3) is 0.768. The second-order valence-corrected chi connectivity index (χ2v) is 20.6. The molecule has 1 amide bonds. The molecule has 3 atom stereocenters. The molecule has 378 valence electrons. The Bertz CT molecular complexity index is 1290. The lowest BCUT2D eigenvalue weighted by atomic mass is 10.0. The molecule has 3 unspecified atom stereocenters. The number of phosphoric ester groups is 1. The van der Waals surface area contributed by atoms with Crippen molar-refractivity contribution in [2.45, 2.75) is 238 Å². The summed E-state index contributed by atoms with van der Waals surface area (Å²) >= 11 is 0. The zero-order valence-electron chi connectivity index (χ0n) is 42.9. The number of quaternary nitrogens is 1. The van der Waals surface area contributed by atoms with Crippen LogP contribution in [0.25, 0.3) is 0 Å². The molecule has 0 saturated carbocycles. The average Bonchev–Trinajstić information content (AvgIpc) is 3.26. The van der Waals surface area contributed by atoms with Crippen molar-refractivity contribution in [1.29, 1.82) is 0 Å². The smallest absolute Gasteiger partial charge is 0.268 e. The fourth-order valence-electron chi connectivity index (χ4n) is 7.51. The van der Waals surface area contributed by atoms with E-state index in [0.717, 1.165) is 77.0 Å². The van der Waals surface area contributed by atoms with Crippen LogP contribution >= 0.6 is 7.82 Å². The minimum atomic E-state index is -4.56. The number of hydrogen-bond donors (Lipinski definition) is 2. The van der Waals surface area contributed by atoms with Crippen LogP contribution in [0.5, 0.6) is 0 Å². The minimum Gasteiger partial charge on any atom is -0.756 e. The Morgan fingerprint density at radius 1 is 0.554 bits per heavy atom. The van der Waals surface area contributed by atoms with E-state index >= 15 is 0 Å². The molecule has 0 rings (SSSR count). The van der Waals surface area contributed by atoms with Crippen molar-refractivity contribution >= 4 is 13.7 Å². The minimum absolute atomic E-state index is 0.0105. The van der Waals surface area contributed by atoms with Gasteiger partial charge >= 0.3 is 0 Å². The number of hydrogen-bond acceptors (Lipinski definition) is 6. The highest BCUT2D eigenvalue weighted by Gasteiger charge is 2.24. The molecule has 0 radical (unpaired) electrons. The molecule has 0 saturated heterocycles. The normalized spacial score (nSPS) is 14.6. The van der Waals surface area contributed by atoms with Crippen molar-refractivity contribution in [3.63, 3.8) is 0 Å². The van der Waals surface area contributed by atoms with Gasteiger partial charge in [-0.15, -0.1) is 0 Å². The highest BCUT2D eigenvalue weighted by Crippen LogP contribution is 2.38. The third kappa shape index (κ3) is 49.7. The van der Waals surface area contributed by atoms with Gasteiger partial charge in [-0.25, -0.2) is 0 Å². The molecule has 9 heteroatoms. The molecule has 2 N–H and O–H groups in total. The molecule has 0 aliphatic heterocycles. The molecule has 8 nitrogen and oxygen atoms in total. The number of nitrogens with zero attached hydrogens (tertiary/aromatic N) is 1. The summed E-state index contributed by atoms with van der Waals surface area (Å²) in [5, 5.41) is 13.9. The van der Waals surface area contributed by atoms with E-state index in [1.807, 2.05) is 21.1 Å². The Kier molecular flexibility index (Phi) is 45.5. The summed E-state index contributed by atoms with van der Waals surface area (Å²) in [5.41, 5.74) is 0. The summed E-state index contributed by atoms with van der Waals surface area (Å²) in [6, 6.07) is -0.800. The highest BCUT2D eigenvalue weighted by molar-refractivity contribution is 7.45. The van der Waals surface area contributed by atoms with Gasteiger partial charge in [0, 0.05) is 6.42 Å². The maximum atomic E-state index is 12.9. The summed E-state index contributed by atoms with van der Waals surface area (Å²) in [6.07, 6.45) is 63.8. The number of aliphatic hydroxyl groups excluding tert-OH is 1. The number of unbranched alkanes of at least 4 members (excludes halogenated alkanes) is 23. The van der Waals surface area contributed by atoms with Crippen LogP contribution in [-0.2, 0) is 18.4 Å². The van der Waals surface area contributed by atoms with E-state index in [2.05, 4.69) is 92.1 Å². The summed E-state index contributed by atoms with van der Waals surface area (Å²) in [6.45, 7) is 4.57. The number of carbonyl (C=O) groups is 1. The monoisotopic (exact) mass is 931 g/mol. The van der Waals surface area contributed by atoms with Crippen molar-refractivity contribution < 1.29 is 32.9 Å². The van der Waals surface area contributed by atoms with E-state index in [4.69, 9.17) is 9.05 Å². The molecule has 0 aromatic rings. The molecular weight excluding hydrogens is 828 g/mol. The topological polar surface area (TPSA) is 108 Å². The summed E-state index contributed by atoms with van der Waals surface area (Å²) in [5.74, 6) is -0.169. The Labute approximate surface area is 402 Å². The van der Waals surface area contributed by atoms with E-state index in [0.29, 0.717) is 23.9 Å². The predicted molar refractivity (Wildman–Crippen MR) is 279 cm³/mol. The molecule has 0 aliphatic carbocycles. The first-order valence-corrected chi connectivity index (χ1v) is 28.2. The van der Waals surface area contributed by atoms with Gasteiger partial charge in [0.2, 0.25) is 5.91 Å². The lowest BCUT2D eigenvalue weighted by Crippen LogP contribution is -2.46. The lowest BCUT2D eigenvalue weighted by molar-refractivity contribution is -0.870. The van der Waals surface area contributed by atoms with Crippen LogP contribution in [0.4, 0.5) is 0 Å². The molecule has 65 heavy (non-hydrogen) atoms.